The zero-order valence-corrected chi connectivity index (χ0v) is 11.2. The van der Waals surface area contributed by atoms with E-state index in [0.29, 0.717) is 12.7 Å². The van der Waals surface area contributed by atoms with Gasteiger partial charge >= 0.3 is 0 Å². The van der Waals surface area contributed by atoms with E-state index in [1.165, 1.54) is 6.42 Å². The van der Waals surface area contributed by atoms with Gasteiger partial charge in [0.25, 0.3) is 0 Å². The molecule has 4 atom stereocenters. The van der Waals surface area contributed by atoms with E-state index >= 15 is 0 Å². The van der Waals surface area contributed by atoms with Crippen molar-refractivity contribution in [2.75, 3.05) is 6.61 Å². The molecule has 0 heterocycles. The molecule has 0 bridgehead atoms. The number of carbonyl (C=O) groups excluding carboxylic acids is 1. The molecule has 1 fully saturated rings. The summed E-state index contributed by atoms with van der Waals surface area (Å²) in [5, 5.41) is 0. The molecule has 1 rings (SSSR count). The Kier molecular flexibility index (Phi) is 5.47. The van der Waals surface area contributed by atoms with Crippen molar-refractivity contribution < 1.29 is 9.53 Å². The van der Waals surface area contributed by atoms with Crippen LogP contribution in [-0.2, 0) is 9.53 Å². The van der Waals surface area contributed by atoms with Crippen LogP contribution in [0.3, 0.4) is 0 Å². The molecule has 0 aromatic heterocycles. The highest BCUT2D eigenvalue weighted by molar-refractivity contribution is 5.81. The minimum atomic E-state index is 0.153. The van der Waals surface area contributed by atoms with Gasteiger partial charge in [0.15, 0.2) is 5.78 Å². The normalized spacial score (nSPS) is 32.4. The third kappa shape index (κ3) is 3.89. The highest BCUT2D eigenvalue weighted by Gasteiger charge is 2.25. The van der Waals surface area contributed by atoms with Crippen LogP contribution in [0.25, 0.3) is 0 Å². The fraction of sp³-hybridized carbons (Fsp3) is 0.929. The second kappa shape index (κ2) is 6.39. The van der Waals surface area contributed by atoms with E-state index < -0.39 is 0 Å². The number of ether oxygens (including phenoxy) is 1. The molecule has 16 heavy (non-hydrogen) atoms. The standard InChI is InChI=1S/C14H26O2/c1-5-10(2)14(15)9-16-13-7-6-11(3)12(4)8-13/h10-13H,5-9H2,1-4H3. The van der Waals surface area contributed by atoms with Crippen molar-refractivity contribution in [2.45, 2.75) is 59.5 Å². The van der Waals surface area contributed by atoms with Crippen LogP contribution in [0.1, 0.15) is 53.4 Å². The zero-order valence-electron chi connectivity index (χ0n) is 11.2. The van der Waals surface area contributed by atoms with Gasteiger partial charge in [0.05, 0.1) is 6.10 Å². The average Bonchev–Trinajstić information content (AvgIpc) is 2.29. The Bertz CT molecular complexity index is 225. The monoisotopic (exact) mass is 226 g/mol. The first-order valence-electron chi connectivity index (χ1n) is 6.68. The van der Waals surface area contributed by atoms with Gasteiger partial charge in [0, 0.05) is 5.92 Å². The zero-order chi connectivity index (χ0) is 12.1. The largest absolute Gasteiger partial charge is 0.370 e. The second-order valence-electron chi connectivity index (χ2n) is 5.48. The summed E-state index contributed by atoms with van der Waals surface area (Å²) in [6, 6.07) is 0. The molecule has 2 heteroatoms. The average molecular weight is 226 g/mol. The molecular weight excluding hydrogens is 200 g/mol. The van der Waals surface area contributed by atoms with Gasteiger partial charge in [-0.1, -0.05) is 27.7 Å². The lowest BCUT2D eigenvalue weighted by Gasteiger charge is -2.31. The quantitative estimate of drug-likeness (QED) is 0.717. The van der Waals surface area contributed by atoms with Gasteiger partial charge in [0.2, 0.25) is 0 Å². The van der Waals surface area contributed by atoms with E-state index in [0.717, 1.165) is 31.1 Å². The molecule has 2 nitrogen and oxygen atoms in total. The highest BCUT2D eigenvalue weighted by Crippen LogP contribution is 2.30. The van der Waals surface area contributed by atoms with Crippen molar-refractivity contribution in [3.8, 4) is 0 Å². The molecule has 0 saturated heterocycles. The Morgan fingerprint density at radius 3 is 2.56 bits per heavy atom. The summed E-state index contributed by atoms with van der Waals surface area (Å²) in [6.45, 7) is 8.95. The van der Waals surface area contributed by atoms with Gasteiger partial charge in [-0.3, -0.25) is 4.79 Å². The highest BCUT2D eigenvalue weighted by atomic mass is 16.5. The van der Waals surface area contributed by atoms with E-state index in [-0.39, 0.29) is 11.7 Å². The molecule has 0 aromatic rings. The van der Waals surface area contributed by atoms with Gasteiger partial charge in [-0.2, -0.15) is 0 Å². The maximum atomic E-state index is 11.6. The molecule has 0 radical (unpaired) electrons. The molecule has 4 unspecified atom stereocenters. The minimum Gasteiger partial charge on any atom is -0.370 e. The molecule has 1 aliphatic carbocycles. The number of carbonyl (C=O) groups is 1. The van der Waals surface area contributed by atoms with Crippen LogP contribution in [0.5, 0.6) is 0 Å². The van der Waals surface area contributed by atoms with Crippen LogP contribution in [0.15, 0.2) is 0 Å². The molecule has 0 aliphatic heterocycles. The third-order valence-corrected chi connectivity index (χ3v) is 4.17. The van der Waals surface area contributed by atoms with Gasteiger partial charge in [0.1, 0.15) is 6.61 Å². The Balaban J connectivity index is 2.26. The molecule has 1 saturated carbocycles. The Morgan fingerprint density at radius 2 is 2.00 bits per heavy atom. The molecule has 94 valence electrons. The number of rotatable bonds is 5. The first kappa shape index (κ1) is 13.7. The number of Topliss-reactive ketones (excluding diaryl/α,β-unsaturated/α-hetero) is 1. The van der Waals surface area contributed by atoms with E-state index in [1.54, 1.807) is 0 Å². The summed E-state index contributed by atoms with van der Waals surface area (Å²) >= 11 is 0. The lowest BCUT2D eigenvalue weighted by atomic mass is 9.80. The fourth-order valence-corrected chi connectivity index (χ4v) is 2.22. The van der Waals surface area contributed by atoms with Crippen molar-refractivity contribution in [1.29, 1.82) is 0 Å². The minimum absolute atomic E-state index is 0.153. The smallest absolute Gasteiger partial charge is 0.161 e. The summed E-state index contributed by atoms with van der Waals surface area (Å²) in [6.07, 6.45) is 4.72. The maximum absolute atomic E-state index is 11.6. The third-order valence-electron chi connectivity index (χ3n) is 4.17. The summed E-state index contributed by atoms with van der Waals surface area (Å²) in [7, 11) is 0. The summed E-state index contributed by atoms with van der Waals surface area (Å²) < 4.78 is 5.74. The maximum Gasteiger partial charge on any atom is 0.161 e. The molecular formula is C14H26O2. The number of hydrogen-bond donors (Lipinski definition) is 0. The molecule has 1 aliphatic rings. The molecule has 0 N–H and O–H groups in total. The van der Waals surface area contributed by atoms with Crippen LogP contribution in [0.4, 0.5) is 0 Å². The topological polar surface area (TPSA) is 26.3 Å². The number of hydrogen-bond acceptors (Lipinski definition) is 2. The van der Waals surface area contributed by atoms with Crippen LogP contribution in [0, 0.1) is 17.8 Å². The predicted molar refractivity (Wildman–Crippen MR) is 66.4 cm³/mol. The van der Waals surface area contributed by atoms with Gasteiger partial charge in [-0.25, -0.2) is 0 Å². The van der Waals surface area contributed by atoms with E-state index in [1.807, 2.05) is 13.8 Å². The van der Waals surface area contributed by atoms with Crippen LogP contribution < -0.4 is 0 Å². The van der Waals surface area contributed by atoms with Crippen LogP contribution in [-0.4, -0.2) is 18.5 Å². The molecule has 0 aromatic carbocycles. The van der Waals surface area contributed by atoms with Gasteiger partial charge in [-0.15, -0.1) is 0 Å². The first-order chi connectivity index (χ1) is 7.54. The van der Waals surface area contributed by atoms with Gasteiger partial charge in [-0.05, 0) is 37.5 Å². The first-order valence-corrected chi connectivity index (χ1v) is 6.68. The SMILES string of the molecule is CCC(C)C(=O)COC1CCC(C)C(C)C1. The van der Waals surface area contributed by atoms with Gasteiger partial charge < -0.3 is 4.74 Å². The lowest BCUT2D eigenvalue weighted by Crippen LogP contribution is -2.29. The second-order valence-corrected chi connectivity index (χ2v) is 5.48. The Hall–Kier alpha value is -0.370. The van der Waals surface area contributed by atoms with E-state index in [4.69, 9.17) is 4.74 Å². The predicted octanol–water partition coefficient (Wildman–Crippen LogP) is 3.44. The lowest BCUT2D eigenvalue weighted by molar-refractivity contribution is -0.130. The Morgan fingerprint density at radius 1 is 1.31 bits per heavy atom. The molecule has 0 spiro atoms. The summed E-state index contributed by atoms with van der Waals surface area (Å²) in [4.78, 5) is 11.6. The Labute approximate surface area is 99.8 Å². The van der Waals surface area contributed by atoms with E-state index in [9.17, 15) is 4.79 Å². The van der Waals surface area contributed by atoms with Crippen molar-refractivity contribution >= 4 is 5.78 Å². The summed E-state index contributed by atoms with van der Waals surface area (Å²) in [5.74, 6) is 1.95. The van der Waals surface area contributed by atoms with Crippen molar-refractivity contribution in [3.63, 3.8) is 0 Å². The summed E-state index contributed by atoms with van der Waals surface area (Å²) in [5.41, 5.74) is 0. The van der Waals surface area contributed by atoms with Crippen molar-refractivity contribution in [2.24, 2.45) is 17.8 Å². The van der Waals surface area contributed by atoms with Crippen LogP contribution >= 0.6 is 0 Å². The van der Waals surface area contributed by atoms with Crippen LogP contribution in [0.2, 0.25) is 0 Å². The van der Waals surface area contributed by atoms with Crippen molar-refractivity contribution in [3.05, 3.63) is 0 Å². The number of ketones is 1. The van der Waals surface area contributed by atoms with E-state index in [2.05, 4.69) is 13.8 Å². The fourth-order valence-electron chi connectivity index (χ4n) is 2.22. The van der Waals surface area contributed by atoms with Crippen molar-refractivity contribution in [1.82, 2.24) is 0 Å². The molecule has 0 amide bonds.